The molecule has 10 aromatic rings. The highest BCUT2D eigenvalue weighted by molar-refractivity contribution is 6.02. The number of benzene rings is 6. The molecule has 0 saturated heterocycles. The summed E-state index contributed by atoms with van der Waals surface area (Å²) in [7, 11) is 0. The highest BCUT2D eigenvalue weighted by Gasteiger charge is 2.23. The molecule has 0 atom stereocenters. The van der Waals surface area contributed by atoms with Crippen molar-refractivity contribution in [3.05, 3.63) is 161 Å². The van der Waals surface area contributed by atoms with Gasteiger partial charge in [0.15, 0.2) is 5.82 Å². The molecule has 0 fully saturated rings. The van der Waals surface area contributed by atoms with E-state index in [1.54, 1.807) is 19.1 Å². The quantitative estimate of drug-likeness (QED) is 0.0966. The van der Waals surface area contributed by atoms with Gasteiger partial charge in [0.2, 0.25) is 5.82 Å². The van der Waals surface area contributed by atoms with Gasteiger partial charge in [-0.1, -0.05) is 120 Å². The molecule has 0 amide bonds. The second kappa shape index (κ2) is 17.9. The van der Waals surface area contributed by atoms with E-state index in [1.165, 1.54) is 0 Å². The summed E-state index contributed by atoms with van der Waals surface area (Å²) in [6.45, 7) is 7.58. The third-order valence-electron chi connectivity index (χ3n) is 11.2. The zero-order valence-corrected chi connectivity index (χ0v) is 36.2. The van der Waals surface area contributed by atoms with Crippen LogP contribution in [0.25, 0.3) is 78.6 Å². The predicted octanol–water partition coefficient (Wildman–Crippen LogP) is 9.85. The number of para-hydroxylation sites is 2. The molecular formula is C51H42N8O7. The van der Waals surface area contributed by atoms with Crippen molar-refractivity contribution in [3.8, 4) is 68.5 Å². The number of carbonyl (C=O) groups is 1. The summed E-state index contributed by atoms with van der Waals surface area (Å²) in [5, 5.41) is 8.40. The van der Waals surface area contributed by atoms with Crippen LogP contribution in [0.15, 0.2) is 147 Å². The minimum absolute atomic E-state index is 0.265. The van der Waals surface area contributed by atoms with E-state index in [0.29, 0.717) is 78.0 Å². The van der Waals surface area contributed by atoms with Crippen molar-refractivity contribution in [1.82, 2.24) is 39.4 Å². The van der Waals surface area contributed by atoms with Crippen LogP contribution < -0.4 is 15.2 Å². The Bertz CT molecular complexity index is 3420. The van der Waals surface area contributed by atoms with E-state index in [9.17, 15) is 9.59 Å². The van der Waals surface area contributed by atoms with Crippen LogP contribution in [0.4, 0.5) is 0 Å². The molecule has 4 aromatic heterocycles. The summed E-state index contributed by atoms with van der Waals surface area (Å²) < 4.78 is 32.2. The molecule has 6 aromatic carbocycles. The van der Waals surface area contributed by atoms with Crippen molar-refractivity contribution in [2.75, 3.05) is 19.8 Å². The summed E-state index contributed by atoms with van der Waals surface area (Å²) in [5.74, 6) is 0.110. The standard InChI is InChI=1S/C51H42N8O7/c1-4-62-48(60)40-18-12-20-42-44(40)59(50(53-42)64-6-3)30-32-23-25-33(26-24-32)35-13-7-9-15-37(35)45-54-47(65-56-45)39-17-11-19-41-43(39)58(49(52-41)63-5-2)29-31-21-27-34(28-22-31)36-14-8-10-16-38(36)46-55-51(61)66-57-46/h7-28H,4-6,29-30H2,1-3H3,(H,55,57,61). The van der Waals surface area contributed by atoms with Crippen LogP contribution in [0.3, 0.4) is 0 Å². The lowest BCUT2D eigenvalue weighted by atomic mass is 9.98. The van der Waals surface area contributed by atoms with Crippen molar-refractivity contribution in [2.24, 2.45) is 0 Å². The summed E-state index contributed by atoms with van der Waals surface area (Å²) in [5.41, 5.74) is 11.2. The number of fused-ring (bicyclic) bond motifs is 2. The van der Waals surface area contributed by atoms with E-state index in [2.05, 4.69) is 51.7 Å². The number of imidazole rings is 2. The zero-order valence-electron chi connectivity index (χ0n) is 36.2. The molecule has 0 bridgehead atoms. The van der Waals surface area contributed by atoms with Gasteiger partial charge in [-0.15, -0.1) is 0 Å². The van der Waals surface area contributed by atoms with E-state index >= 15 is 0 Å². The Balaban J connectivity index is 0.945. The zero-order chi connectivity index (χ0) is 45.1. The largest absolute Gasteiger partial charge is 0.465 e. The topological polar surface area (TPSA) is 178 Å². The Labute approximate surface area is 377 Å². The predicted molar refractivity (Wildman–Crippen MR) is 248 cm³/mol. The Hall–Kier alpha value is -8.59. The smallest absolute Gasteiger partial charge is 0.439 e. The number of rotatable bonds is 15. The van der Waals surface area contributed by atoms with Crippen LogP contribution in [0.2, 0.25) is 0 Å². The molecule has 0 saturated carbocycles. The van der Waals surface area contributed by atoms with Gasteiger partial charge in [-0.05, 0) is 78.4 Å². The molecule has 4 heterocycles. The highest BCUT2D eigenvalue weighted by atomic mass is 16.5. The number of hydrogen-bond acceptors (Lipinski definition) is 12. The summed E-state index contributed by atoms with van der Waals surface area (Å²) in [4.78, 5) is 41.9. The van der Waals surface area contributed by atoms with Gasteiger partial charge in [-0.25, -0.2) is 9.59 Å². The van der Waals surface area contributed by atoms with Crippen LogP contribution in [0.1, 0.15) is 42.3 Å². The third-order valence-corrected chi connectivity index (χ3v) is 11.2. The van der Waals surface area contributed by atoms with E-state index in [0.717, 1.165) is 55.5 Å². The number of hydrogen-bond donors (Lipinski definition) is 1. The maximum Gasteiger partial charge on any atom is 0.439 e. The van der Waals surface area contributed by atoms with Gasteiger partial charge < -0.3 is 18.7 Å². The molecule has 1 N–H and O–H groups in total. The van der Waals surface area contributed by atoms with Gasteiger partial charge in [0.05, 0.1) is 66.1 Å². The molecular weight excluding hydrogens is 837 g/mol. The second-order valence-corrected chi connectivity index (χ2v) is 15.2. The van der Waals surface area contributed by atoms with Crippen LogP contribution in [-0.4, -0.2) is 65.2 Å². The van der Waals surface area contributed by atoms with Gasteiger partial charge in [-0.2, -0.15) is 15.0 Å². The number of aromatic nitrogens is 8. The van der Waals surface area contributed by atoms with Gasteiger partial charge in [0.25, 0.3) is 17.9 Å². The molecule has 66 heavy (non-hydrogen) atoms. The van der Waals surface area contributed by atoms with E-state index in [-0.39, 0.29) is 6.61 Å². The van der Waals surface area contributed by atoms with Gasteiger partial charge in [0, 0.05) is 11.1 Å². The Morgan fingerprint density at radius 2 is 1.11 bits per heavy atom. The van der Waals surface area contributed by atoms with Gasteiger partial charge in [-0.3, -0.25) is 18.6 Å². The van der Waals surface area contributed by atoms with Crippen molar-refractivity contribution in [2.45, 2.75) is 33.9 Å². The lowest BCUT2D eigenvalue weighted by Crippen LogP contribution is -2.10. The second-order valence-electron chi connectivity index (χ2n) is 15.2. The molecule has 15 nitrogen and oxygen atoms in total. The maximum absolute atomic E-state index is 13.0. The lowest BCUT2D eigenvalue weighted by molar-refractivity contribution is 0.0528. The summed E-state index contributed by atoms with van der Waals surface area (Å²) in [6.07, 6.45) is 0. The number of H-pyrrole nitrogens is 1. The van der Waals surface area contributed by atoms with E-state index in [1.807, 2.05) is 108 Å². The molecule has 15 heteroatoms. The monoisotopic (exact) mass is 878 g/mol. The SMILES string of the molecule is CCOC(=O)c1cccc2nc(OCC)n(Cc3ccc(-c4ccccc4-c4noc(-c5cccc6nc(OCC)n(Cc7ccc(-c8ccccc8-c8noc(=O)[nH]8)cc7)c56)n4)cc3)c12. The van der Waals surface area contributed by atoms with Gasteiger partial charge >= 0.3 is 11.7 Å². The number of esters is 1. The maximum atomic E-state index is 13.0. The summed E-state index contributed by atoms with van der Waals surface area (Å²) >= 11 is 0. The Kier molecular flexibility index (Phi) is 11.2. The minimum Gasteiger partial charge on any atom is -0.465 e. The third kappa shape index (κ3) is 7.87. The number of nitrogens with zero attached hydrogens (tertiary/aromatic N) is 7. The highest BCUT2D eigenvalue weighted by Crippen LogP contribution is 2.37. The normalized spacial score (nSPS) is 11.4. The molecule has 0 spiro atoms. The first kappa shape index (κ1) is 41.4. The fourth-order valence-corrected chi connectivity index (χ4v) is 8.25. The van der Waals surface area contributed by atoms with Crippen LogP contribution >= 0.6 is 0 Å². The van der Waals surface area contributed by atoms with Gasteiger partial charge in [0.1, 0.15) is 0 Å². The van der Waals surface area contributed by atoms with E-state index in [4.69, 9.17) is 38.2 Å². The molecule has 0 radical (unpaired) electrons. The van der Waals surface area contributed by atoms with Crippen molar-refractivity contribution < 1.29 is 28.1 Å². The number of aromatic amines is 1. The first-order valence-corrected chi connectivity index (χ1v) is 21.6. The molecule has 0 aliphatic carbocycles. The van der Waals surface area contributed by atoms with E-state index < -0.39 is 11.7 Å². The van der Waals surface area contributed by atoms with Crippen molar-refractivity contribution in [1.29, 1.82) is 0 Å². The van der Waals surface area contributed by atoms with Crippen molar-refractivity contribution in [3.63, 3.8) is 0 Å². The number of nitrogens with one attached hydrogen (secondary N) is 1. The summed E-state index contributed by atoms with van der Waals surface area (Å²) in [6, 6.07) is 44.1. The fraction of sp³-hybridized carbons (Fsp3) is 0.157. The molecule has 0 aliphatic heterocycles. The average molecular weight is 879 g/mol. The Morgan fingerprint density at radius 1 is 0.561 bits per heavy atom. The van der Waals surface area contributed by atoms with Crippen LogP contribution in [0.5, 0.6) is 12.0 Å². The number of ether oxygens (including phenoxy) is 3. The lowest BCUT2D eigenvalue weighted by Gasteiger charge is -2.12. The van der Waals surface area contributed by atoms with Crippen LogP contribution in [0, 0.1) is 0 Å². The minimum atomic E-state index is -0.611. The number of carbonyl (C=O) groups excluding carboxylic acids is 1. The first-order chi connectivity index (χ1) is 32.4. The molecule has 0 aliphatic rings. The average Bonchev–Trinajstić information content (AvgIpc) is 4.16. The molecule has 0 unspecified atom stereocenters. The van der Waals surface area contributed by atoms with Crippen molar-refractivity contribution >= 4 is 28.0 Å². The van der Waals surface area contributed by atoms with Crippen LogP contribution in [-0.2, 0) is 17.8 Å². The molecule has 328 valence electrons. The Morgan fingerprint density at radius 3 is 1.70 bits per heavy atom. The fourth-order valence-electron chi connectivity index (χ4n) is 8.25. The molecule has 10 rings (SSSR count). The first-order valence-electron chi connectivity index (χ1n) is 21.6.